The number of halogens is 4. The average Bonchev–Trinajstić information content (AvgIpc) is 4.17. The van der Waals surface area contributed by atoms with Crippen molar-refractivity contribution in [2.45, 2.75) is 56.7 Å². The minimum Gasteiger partial charge on any atom is -1.00 e. The van der Waals surface area contributed by atoms with Crippen LogP contribution in [0.5, 0.6) is 0 Å². The van der Waals surface area contributed by atoms with E-state index in [1.54, 1.807) is 56.4 Å². The predicted molar refractivity (Wildman–Crippen MR) is 272 cm³/mol. The van der Waals surface area contributed by atoms with Crippen molar-refractivity contribution in [1.82, 2.24) is 9.13 Å². The minimum absolute atomic E-state index is 0. The van der Waals surface area contributed by atoms with E-state index in [-0.39, 0.29) is 41.7 Å². The Morgan fingerprint density at radius 2 is 1.24 bits per heavy atom. The molecule has 0 spiro atoms. The molecule has 0 fully saturated rings. The lowest BCUT2D eigenvalue weighted by atomic mass is 10.1. The molecule has 0 N–H and O–H groups in total. The molecular formula is C49H44Cl3FN6O2S6. The highest BCUT2D eigenvalue weighted by molar-refractivity contribution is 8.09. The van der Waals surface area contributed by atoms with Crippen LogP contribution in [0.1, 0.15) is 40.6 Å². The molecule has 0 saturated carbocycles. The lowest BCUT2D eigenvalue weighted by Gasteiger charge is -2.12. The molecule has 0 saturated heterocycles. The first-order valence-corrected chi connectivity index (χ1v) is 26.3. The Morgan fingerprint density at radius 3 is 1.84 bits per heavy atom. The third-order valence-corrected chi connectivity index (χ3v) is 18.1. The average molecular weight is 1070 g/mol. The third kappa shape index (κ3) is 10.3. The number of rotatable bonds is 8. The van der Waals surface area contributed by atoms with Crippen LogP contribution in [0.3, 0.4) is 0 Å². The fourth-order valence-corrected chi connectivity index (χ4v) is 14.6. The zero-order chi connectivity index (χ0) is 45.4. The molecule has 0 aliphatic carbocycles. The van der Waals surface area contributed by atoms with Crippen molar-refractivity contribution in [3.63, 3.8) is 0 Å². The summed E-state index contributed by atoms with van der Waals surface area (Å²) in [5.41, 5.74) is 5.71. The van der Waals surface area contributed by atoms with Gasteiger partial charge in [0.05, 0.1) is 39.2 Å². The van der Waals surface area contributed by atoms with E-state index in [0.717, 1.165) is 63.3 Å². The number of thioether (sulfide) groups is 2. The topological polar surface area (TPSA) is 58.2 Å². The first-order valence-electron chi connectivity index (χ1n) is 20.9. The lowest BCUT2D eigenvalue weighted by molar-refractivity contribution is -0.685. The molecule has 2 aliphatic heterocycles. The minimum atomic E-state index is -0.256. The van der Waals surface area contributed by atoms with Gasteiger partial charge in [-0.25, -0.2) is 4.39 Å². The maximum Gasteiger partial charge on any atom is 0.271 e. The molecule has 346 valence electrons. The van der Waals surface area contributed by atoms with Crippen LogP contribution in [0.15, 0.2) is 134 Å². The van der Waals surface area contributed by atoms with Crippen LogP contribution in [0.4, 0.5) is 15.8 Å². The van der Waals surface area contributed by atoms with Gasteiger partial charge in [-0.2, -0.15) is 9.13 Å². The summed E-state index contributed by atoms with van der Waals surface area (Å²) in [5.74, 6) is -0.256. The second-order valence-electron chi connectivity index (χ2n) is 15.2. The molecule has 4 aromatic carbocycles. The van der Waals surface area contributed by atoms with Gasteiger partial charge in [0.15, 0.2) is 25.5 Å². The van der Waals surface area contributed by atoms with Crippen LogP contribution in [-0.4, -0.2) is 23.2 Å². The fourth-order valence-electron chi connectivity index (χ4n) is 7.69. The fraction of sp³-hybridized carbons (Fsp3) is 0.184. The first-order chi connectivity index (χ1) is 31.5. The molecule has 0 radical (unpaired) electrons. The van der Waals surface area contributed by atoms with Crippen LogP contribution in [0, 0.1) is 12.7 Å². The number of aryl methyl sites for hydroxylation is 1. The molecule has 6 heterocycles. The summed E-state index contributed by atoms with van der Waals surface area (Å²) in [6.07, 6.45) is 8.41. The Morgan fingerprint density at radius 1 is 0.672 bits per heavy atom. The maximum absolute atomic E-state index is 14.3. The molecule has 0 bridgehead atoms. The van der Waals surface area contributed by atoms with Crippen LogP contribution in [0.25, 0.3) is 22.2 Å². The van der Waals surface area contributed by atoms with Crippen molar-refractivity contribution in [1.29, 1.82) is 0 Å². The SMILES string of the molecule is CCn1c(=O)/c(=C2\Sc3c(F)cccc3N2C)s/c1=C\c1scc[n+]1Cc1ccccc1.CCn1c(=O)/c(=C2\Sc3cc(Cl)ccc3N2C)s/c1=C\c1scc[n+]1Cc1ccccc1C.[Cl-].[Cl-]. The second-order valence-corrected chi connectivity index (χ2v) is 21.6. The Bertz CT molecular complexity index is 3470. The summed E-state index contributed by atoms with van der Waals surface area (Å²) in [4.78, 5) is 32.3. The standard InChI is InChI=1S/C25H23ClN3OS3.C24H21FN3OS3.2ClH/c1-4-29-22(14-21-28(11-12-31-21)15-17-8-6-5-7-16(17)2)33-23(24(29)30)25-27(3)19-10-9-18(26)13-20(19)32-25;1-3-28-20(14-19-27(12-13-30-19)15-16-8-5-4-6-9-16)31-22(23(28)29)24-26(2)18-11-7-10-17(25)21(18)32-24;;/h5-14H,4,15H2,1-3H3;4-14H,3,15H2,1-2H3;2*1H/q2*+1;;/p-2/b25-23+;24-22+;;. The highest BCUT2D eigenvalue weighted by atomic mass is 35.5. The van der Waals surface area contributed by atoms with Crippen LogP contribution in [-0.2, 0) is 26.2 Å². The molecule has 67 heavy (non-hydrogen) atoms. The Hall–Kier alpha value is -4.42. The maximum atomic E-state index is 14.3. The second kappa shape index (κ2) is 21.9. The van der Waals surface area contributed by atoms with Gasteiger partial charge in [0, 0.05) is 48.2 Å². The van der Waals surface area contributed by atoms with E-state index >= 15 is 0 Å². The quantitative estimate of drug-likeness (QED) is 0.218. The van der Waals surface area contributed by atoms with E-state index in [0.29, 0.717) is 27.5 Å². The van der Waals surface area contributed by atoms with Crippen molar-refractivity contribution < 1.29 is 38.3 Å². The van der Waals surface area contributed by atoms with Crippen molar-refractivity contribution in [3.05, 3.63) is 191 Å². The molecule has 0 atom stereocenters. The van der Waals surface area contributed by atoms with Gasteiger partial charge < -0.3 is 34.6 Å². The Balaban J connectivity index is 0.000000193. The van der Waals surface area contributed by atoms with E-state index < -0.39 is 0 Å². The van der Waals surface area contributed by atoms with Crippen LogP contribution < -0.4 is 73.3 Å². The highest BCUT2D eigenvalue weighted by Crippen LogP contribution is 2.47. The highest BCUT2D eigenvalue weighted by Gasteiger charge is 2.28. The van der Waals surface area contributed by atoms with E-state index in [9.17, 15) is 14.0 Å². The van der Waals surface area contributed by atoms with Gasteiger partial charge in [-0.1, -0.05) is 118 Å². The molecule has 18 heteroatoms. The molecule has 0 amide bonds. The van der Waals surface area contributed by atoms with Crippen molar-refractivity contribution in [2.75, 3.05) is 23.9 Å². The number of thiazole rings is 4. The number of nitrogens with zero attached hydrogens (tertiary/aromatic N) is 6. The third-order valence-electron chi connectivity index (χ3n) is 11.2. The van der Waals surface area contributed by atoms with Crippen molar-refractivity contribution >= 4 is 114 Å². The number of aromatic nitrogens is 4. The van der Waals surface area contributed by atoms with E-state index in [4.69, 9.17) is 11.6 Å². The zero-order valence-corrected chi connectivity index (χ0v) is 44.1. The van der Waals surface area contributed by atoms with E-state index in [1.165, 1.54) is 45.9 Å². The largest absolute Gasteiger partial charge is 1.00 e. The summed E-state index contributed by atoms with van der Waals surface area (Å²) in [6, 6.07) is 29.7. The van der Waals surface area contributed by atoms with Crippen molar-refractivity contribution in [3.8, 4) is 0 Å². The van der Waals surface area contributed by atoms with Gasteiger partial charge in [0.2, 0.25) is 0 Å². The monoisotopic (exact) mass is 1060 g/mol. The molecule has 0 unspecified atom stereocenters. The van der Waals surface area contributed by atoms with Crippen LogP contribution in [0.2, 0.25) is 5.02 Å². The summed E-state index contributed by atoms with van der Waals surface area (Å²) >= 11 is 15.5. The van der Waals surface area contributed by atoms with Gasteiger partial charge in [-0.3, -0.25) is 18.7 Å². The van der Waals surface area contributed by atoms with E-state index in [2.05, 4.69) is 92.7 Å². The molecule has 10 rings (SSSR count). The number of fused-ring (bicyclic) bond motifs is 2. The molecule has 8 aromatic rings. The summed E-state index contributed by atoms with van der Waals surface area (Å²) in [7, 11) is 3.90. The molecule has 8 nitrogen and oxygen atoms in total. The Labute approximate surface area is 429 Å². The first kappa shape index (κ1) is 50.5. The number of hydrogen-bond donors (Lipinski definition) is 0. The number of benzene rings is 4. The smallest absolute Gasteiger partial charge is 0.271 e. The number of anilines is 2. The molecule has 2 aliphatic rings. The van der Waals surface area contributed by atoms with Crippen LogP contribution >= 0.6 is 80.5 Å². The van der Waals surface area contributed by atoms with Gasteiger partial charge in [0.1, 0.15) is 34.3 Å². The predicted octanol–water partition coefficient (Wildman–Crippen LogP) is 2.04. The summed E-state index contributed by atoms with van der Waals surface area (Å²) in [5, 5.41) is 8.82. The van der Waals surface area contributed by atoms with Crippen molar-refractivity contribution in [2.24, 2.45) is 0 Å². The van der Waals surface area contributed by atoms with Gasteiger partial charge in [-0.15, -0.1) is 22.7 Å². The summed E-state index contributed by atoms with van der Waals surface area (Å²) in [6.45, 7) is 8.93. The molecular weight excluding hydrogens is 1020 g/mol. The van der Waals surface area contributed by atoms with E-state index in [1.807, 2.05) is 79.9 Å². The van der Waals surface area contributed by atoms with Gasteiger partial charge in [0.25, 0.3) is 21.1 Å². The molecule has 4 aromatic heterocycles. The van der Waals surface area contributed by atoms with Gasteiger partial charge in [-0.05, 0) is 56.7 Å². The zero-order valence-electron chi connectivity index (χ0n) is 36.9. The number of hydrogen-bond acceptors (Lipinski definition) is 10. The normalized spacial score (nSPS) is 15.0. The summed E-state index contributed by atoms with van der Waals surface area (Å²) < 4.78 is 25.7. The lowest BCUT2D eigenvalue weighted by Crippen LogP contribution is -3.00. The van der Waals surface area contributed by atoms with Gasteiger partial charge >= 0.3 is 0 Å². The Kier molecular flexibility index (Phi) is 16.5.